The lowest BCUT2D eigenvalue weighted by atomic mass is 9.93. The van der Waals surface area contributed by atoms with Crippen molar-refractivity contribution in [2.45, 2.75) is 19.3 Å². The summed E-state index contributed by atoms with van der Waals surface area (Å²) in [6.07, 6.45) is 3.53. The summed E-state index contributed by atoms with van der Waals surface area (Å²) in [6.45, 7) is 5.34. The summed E-state index contributed by atoms with van der Waals surface area (Å²) >= 11 is 0. The molecule has 1 aromatic carbocycles. The number of aromatic amines is 1. The standard InChI is InChI=1S/C24H31N9O3/c25-15-31-9-11-33(12-10-31)24-28-19-14-26-30-23(36)21(19)22(29-24)27-17-1-3-18(4-2-17)32-7-5-16(6-8-32)13-20(34)35/h1-4,14,16H,5-13,15,25H2,(H,30,36)(H,34,35)(H,27,28,29). The Balaban J connectivity index is 1.34. The molecule has 12 nitrogen and oxygen atoms in total. The Hall–Kier alpha value is -3.77. The van der Waals surface area contributed by atoms with E-state index in [0.29, 0.717) is 29.3 Å². The number of carboxylic acid groups (broad SMARTS) is 1. The second-order valence-corrected chi connectivity index (χ2v) is 9.32. The summed E-state index contributed by atoms with van der Waals surface area (Å²) in [7, 11) is 0. The molecule has 4 heterocycles. The van der Waals surface area contributed by atoms with Crippen LogP contribution in [-0.2, 0) is 4.79 Å². The van der Waals surface area contributed by atoms with Crippen LogP contribution in [0.2, 0.25) is 0 Å². The van der Waals surface area contributed by atoms with E-state index in [-0.39, 0.29) is 17.9 Å². The van der Waals surface area contributed by atoms with E-state index in [0.717, 1.165) is 63.5 Å². The van der Waals surface area contributed by atoms with Gasteiger partial charge in [-0.2, -0.15) is 10.1 Å². The summed E-state index contributed by atoms with van der Waals surface area (Å²) in [6, 6.07) is 7.98. The van der Waals surface area contributed by atoms with Crippen LogP contribution in [-0.4, -0.2) is 82.1 Å². The Bertz CT molecular complexity index is 1260. The molecule has 12 heteroatoms. The van der Waals surface area contributed by atoms with Gasteiger partial charge in [0.15, 0.2) is 0 Å². The molecule has 0 radical (unpaired) electrons. The van der Waals surface area contributed by atoms with Gasteiger partial charge in [-0.1, -0.05) is 0 Å². The van der Waals surface area contributed by atoms with Crippen molar-refractivity contribution < 1.29 is 9.90 Å². The van der Waals surface area contributed by atoms with E-state index in [9.17, 15) is 9.59 Å². The predicted molar refractivity (Wildman–Crippen MR) is 138 cm³/mol. The van der Waals surface area contributed by atoms with E-state index in [1.54, 1.807) is 6.20 Å². The van der Waals surface area contributed by atoms with Crippen LogP contribution < -0.4 is 26.4 Å². The summed E-state index contributed by atoms with van der Waals surface area (Å²) < 4.78 is 0. The molecule has 36 heavy (non-hydrogen) atoms. The number of nitrogens with two attached hydrogens (primary N) is 1. The molecule has 2 aliphatic rings. The quantitative estimate of drug-likeness (QED) is 0.375. The van der Waals surface area contributed by atoms with E-state index in [1.165, 1.54) is 0 Å². The van der Waals surface area contributed by atoms with Crippen molar-refractivity contribution in [3.63, 3.8) is 0 Å². The van der Waals surface area contributed by atoms with Crippen molar-refractivity contribution in [1.82, 2.24) is 25.1 Å². The lowest BCUT2D eigenvalue weighted by Gasteiger charge is -2.34. The van der Waals surface area contributed by atoms with Crippen molar-refractivity contribution in [3.05, 3.63) is 40.8 Å². The average Bonchev–Trinajstić information content (AvgIpc) is 2.89. The third kappa shape index (κ3) is 5.24. The molecule has 5 rings (SSSR count). The van der Waals surface area contributed by atoms with Crippen molar-refractivity contribution in [2.24, 2.45) is 11.7 Å². The van der Waals surface area contributed by atoms with E-state index in [1.807, 2.05) is 24.3 Å². The van der Waals surface area contributed by atoms with Crippen LogP contribution in [0, 0.1) is 5.92 Å². The van der Waals surface area contributed by atoms with Gasteiger partial charge in [0, 0.05) is 63.7 Å². The summed E-state index contributed by atoms with van der Waals surface area (Å²) in [4.78, 5) is 39.4. The van der Waals surface area contributed by atoms with E-state index >= 15 is 0 Å². The SMILES string of the molecule is NCN1CCN(c2nc(Nc3ccc(N4CCC(CC(=O)O)CC4)cc3)c3c(=O)[nH]ncc3n2)CC1. The molecule has 0 aliphatic carbocycles. The van der Waals surface area contributed by atoms with Gasteiger partial charge >= 0.3 is 5.97 Å². The Labute approximate surface area is 208 Å². The van der Waals surface area contributed by atoms with Gasteiger partial charge < -0.3 is 26.0 Å². The molecule has 0 amide bonds. The van der Waals surface area contributed by atoms with Gasteiger partial charge in [-0.15, -0.1) is 0 Å². The maximum Gasteiger partial charge on any atom is 0.303 e. The number of anilines is 4. The van der Waals surface area contributed by atoms with E-state index < -0.39 is 5.97 Å². The lowest BCUT2D eigenvalue weighted by molar-refractivity contribution is -0.138. The number of aliphatic carboxylic acids is 1. The number of carboxylic acids is 1. The molecule has 2 fully saturated rings. The Kier molecular flexibility index (Phi) is 6.96. The third-order valence-corrected chi connectivity index (χ3v) is 6.99. The lowest BCUT2D eigenvalue weighted by Crippen LogP contribution is -2.48. The number of piperidine rings is 1. The monoisotopic (exact) mass is 493 g/mol. The largest absolute Gasteiger partial charge is 0.481 e. The summed E-state index contributed by atoms with van der Waals surface area (Å²) in [5.74, 6) is 0.500. The molecule has 2 aliphatic heterocycles. The second kappa shape index (κ2) is 10.5. The van der Waals surface area contributed by atoms with Gasteiger partial charge in [0.05, 0.1) is 6.20 Å². The fourth-order valence-corrected chi connectivity index (χ4v) is 4.89. The zero-order valence-corrected chi connectivity index (χ0v) is 20.1. The second-order valence-electron chi connectivity index (χ2n) is 9.32. The van der Waals surface area contributed by atoms with Crippen LogP contribution in [0.15, 0.2) is 35.3 Å². The number of hydrogen-bond acceptors (Lipinski definition) is 10. The number of H-pyrrole nitrogens is 1. The zero-order chi connectivity index (χ0) is 25.1. The zero-order valence-electron chi connectivity index (χ0n) is 20.1. The highest BCUT2D eigenvalue weighted by atomic mass is 16.4. The van der Waals surface area contributed by atoms with E-state index in [4.69, 9.17) is 15.8 Å². The van der Waals surface area contributed by atoms with Crippen LogP contribution in [0.3, 0.4) is 0 Å². The molecule has 0 unspecified atom stereocenters. The number of aromatic nitrogens is 4. The number of carbonyl (C=O) groups is 1. The number of piperazine rings is 1. The molecule has 2 aromatic heterocycles. The highest BCUT2D eigenvalue weighted by Crippen LogP contribution is 2.28. The number of fused-ring (bicyclic) bond motifs is 1. The van der Waals surface area contributed by atoms with Gasteiger partial charge in [0.2, 0.25) is 5.95 Å². The maximum atomic E-state index is 12.6. The average molecular weight is 494 g/mol. The Morgan fingerprint density at radius 2 is 1.78 bits per heavy atom. The summed E-state index contributed by atoms with van der Waals surface area (Å²) in [5, 5.41) is 19.1. The molecule has 5 N–H and O–H groups in total. The fraction of sp³-hybridized carbons (Fsp3) is 0.458. The molecular weight excluding hydrogens is 462 g/mol. The highest BCUT2D eigenvalue weighted by Gasteiger charge is 2.23. The van der Waals surface area contributed by atoms with E-state index in [2.05, 4.69) is 35.2 Å². The Morgan fingerprint density at radius 1 is 1.06 bits per heavy atom. The highest BCUT2D eigenvalue weighted by molar-refractivity contribution is 5.90. The molecule has 190 valence electrons. The normalized spacial score (nSPS) is 17.5. The fourth-order valence-electron chi connectivity index (χ4n) is 4.89. The van der Waals surface area contributed by atoms with Crippen molar-refractivity contribution in [1.29, 1.82) is 0 Å². The molecule has 3 aromatic rings. The van der Waals surface area contributed by atoms with Crippen LogP contribution in [0.5, 0.6) is 0 Å². The van der Waals surface area contributed by atoms with Crippen molar-refractivity contribution >= 4 is 40.0 Å². The minimum atomic E-state index is -0.725. The summed E-state index contributed by atoms with van der Waals surface area (Å²) in [5.41, 5.74) is 7.78. The van der Waals surface area contributed by atoms with Crippen LogP contribution in [0.1, 0.15) is 19.3 Å². The van der Waals surface area contributed by atoms with Gasteiger partial charge in [-0.05, 0) is 43.0 Å². The van der Waals surface area contributed by atoms with Crippen LogP contribution in [0.4, 0.5) is 23.1 Å². The number of nitrogens with one attached hydrogen (secondary N) is 2. The van der Waals surface area contributed by atoms with Gasteiger partial charge in [-0.25, -0.2) is 10.1 Å². The van der Waals surface area contributed by atoms with Gasteiger partial charge in [0.25, 0.3) is 5.56 Å². The molecule has 2 saturated heterocycles. The van der Waals surface area contributed by atoms with Crippen LogP contribution >= 0.6 is 0 Å². The molecule has 0 atom stereocenters. The van der Waals surface area contributed by atoms with Gasteiger partial charge in [-0.3, -0.25) is 14.5 Å². The first-order valence-corrected chi connectivity index (χ1v) is 12.3. The molecule has 0 bridgehead atoms. The molecule has 0 spiro atoms. The minimum Gasteiger partial charge on any atom is -0.481 e. The minimum absolute atomic E-state index is 0.239. The molecular formula is C24H31N9O3. The Morgan fingerprint density at radius 3 is 2.44 bits per heavy atom. The smallest absolute Gasteiger partial charge is 0.303 e. The third-order valence-electron chi connectivity index (χ3n) is 6.99. The van der Waals surface area contributed by atoms with Crippen LogP contribution in [0.25, 0.3) is 10.9 Å². The first-order chi connectivity index (χ1) is 17.5. The predicted octanol–water partition coefficient (Wildman–Crippen LogP) is 1.19. The number of rotatable bonds is 7. The molecule has 0 saturated carbocycles. The van der Waals surface area contributed by atoms with Gasteiger partial charge in [0.1, 0.15) is 16.7 Å². The first kappa shape index (κ1) is 23.9. The maximum absolute atomic E-state index is 12.6. The van der Waals surface area contributed by atoms with Crippen molar-refractivity contribution in [2.75, 3.05) is 61.1 Å². The number of benzene rings is 1. The topological polar surface area (TPSA) is 157 Å². The number of hydrogen-bond donors (Lipinski definition) is 4. The first-order valence-electron chi connectivity index (χ1n) is 12.3. The number of nitrogens with zero attached hydrogens (tertiary/aromatic N) is 6. The van der Waals surface area contributed by atoms with Crippen molar-refractivity contribution in [3.8, 4) is 0 Å².